The zero-order valence-corrected chi connectivity index (χ0v) is 12.5. The number of benzene rings is 1. The molecule has 2 amide bonds. The predicted molar refractivity (Wildman–Crippen MR) is 80.0 cm³/mol. The van der Waals surface area contributed by atoms with Crippen molar-refractivity contribution in [2.75, 3.05) is 13.6 Å². The Labute approximate surface area is 125 Å². The van der Waals surface area contributed by atoms with Crippen molar-refractivity contribution in [2.45, 2.75) is 38.3 Å². The van der Waals surface area contributed by atoms with E-state index in [1.807, 2.05) is 37.3 Å². The first-order valence-electron chi connectivity index (χ1n) is 7.33. The number of likely N-dealkylation sites (tertiary alicyclic amines) is 1. The van der Waals surface area contributed by atoms with E-state index in [1.165, 1.54) is 4.90 Å². The van der Waals surface area contributed by atoms with Crippen LogP contribution in [0.3, 0.4) is 0 Å². The van der Waals surface area contributed by atoms with Crippen LogP contribution < -0.4 is 0 Å². The monoisotopic (exact) mass is 290 g/mol. The molecule has 1 fully saturated rings. The Morgan fingerprint density at radius 3 is 2.57 bits per heavy atom. The van der Waals surface area contributed by atoms with Crippen molar-refractivity contribution in [3.05, 3.63) is 35.9 Å². The number of likely N-dealkylation sites (N-methyl/N-ethyl adjacent to an activating group) is 1. The smallest absolute Gasteiger partial charge is 0.407 e. The van der Waals surface area contributed by atoms with Gasteiger partial charge in [-0.15, -0.1) is 0 Å². The Morgan fingerprint density at radius 1 is 1.29 bits per heavy atom. The quantitative estimate of drug-likeness (QED) is 0.931. The van der Waals surface area contributed by atoms with Crippen molar-refractivity contribution in [1.82, 2.24) is 9.80 Å². The zero-order valence-electron chi connectivity index (χ0n) is 12.5. The summed E-state index contributed by atoms with van der Waals surface area (Å²) in [5, 5.41) is 9.25. The van der Waals surface area contributed by atoms with Gasteiger partial charge in [0.2, 0.25) is 5.91 Å². The second-order valence-corrected chi connectivity index (χ2v) is 5.52. The van der Waals surface area contributed by atoms with Crippen LogP contribution in [0.2, 0.25) is 0 Å². The predicted octanol–water partition coefficient (Wildman–Crippen LogP) is 2.74. The highest BCUT2D eigenvalue weighted by Gasteiger charge is 2.35. The van der Waals surface area contributed by atoms with E-state index in [0.717, 1.165) is 18.4 Å². The van der Waals surface area contributed by atoms with E-state index >= 15 is 0 Å². The minimum atomic E-state index is -1.01. The molecule has 2 atom stereocenters. The first-order valence-corrected chi connectivity index (χ1v) is 7.33. The lowest BCUT2D eigenvalue weighted by Gasteiger charge is -2.36. The highest BCUT2D eigenvalue weighted by atomic mass is 16.4. The number of hydrogen-bond donors (Lipinski definition) is 1. The van der Waals surface area contributed by atoms with E-state index in [9.17, 15) is 14.7 Å². The van der Waals surface area contributed by atoms with Gasteiger partial charge >= 0.3 is 6.09 Å². The molecule has 1 N–H and O–H groups in total. The number of carbonyl (C=O) groups is 2. The summed E-state index contributed by atoms with van der Waals surface area (Å²) in [6.45, 7) is 2.40. The molecule has 0 bridgehead atoms. The van der Waals surface area contributed by atoms with Gasteiger partial charge in [0.25, 0.3) is 0 Å². The molecule has 0 aromatic heterocycles. The number of carboxylic acid groups (broad SMARTS) is 1. The maximum Gasteiger partial charge on any atom is 0.407 e. The molecular formula is C16H22N2O3. The third-order valence-corrected chi connectivity index (χ3v) is 4.24. The third-order valence-electron chi connectivity index (χ3n) is 4.24. The molecular weight excluding hydrogens is 268 g/mol. The topological polar surface area (TPSA) is 60.9 Å². The molecule has 1 aromatic rings. The minimum absolute atomic E-state index is 0.0729. The Kier molecular flexibility index (Phi) is 4.83. The Bertz CT molecular complexity index is 504. The lowest BCUT2D eigenvalue weighted by molar-refractivity contribution is -0.138. The van der Waals surface area contributed by atoms with Gasteiger partial charge in [-0.1, -0.05) is 30.3 Å². The van der Waals surface area contributed by atoms with Gasteiger partial charge in [-0.2, -0.15) is 0 Å². The average molecular weight is 290 g/mol. The molecule has 0 saturated carbocycles. The lowest BCUT2D eigenvalue weighted by Crippen LogP contribution is -2.52. The summed E-state index contributed by atoms with van der Waals surface area (Å²) >= 11 is 0. The molecule has 0 radical (unpaired) electrons. The third kappa shape index (κ3) is 3.35. The summed E-state index contributed by atoms with van der Waals surface area (Å²) in [5.74, 6) is -0.117. The molecule has 2 rings (SSSR count). The molecule has 5 nitrogen and oxygen atoms in total. The van der Waals surface area contributed by atoms with Crippen molar-refractivity contribution >= 4 is 12.0 Å². The van der Waals surface area contributed by atoms with Crippen molar-refractivity contribution in [3.63, 3.8) is 0 Å². The number of nitrogens with zero attached hydrogens (tertiary/aromatic N) is 2. The van der Waals surface area contributed by atoms with E-state index < -0.39 is 12.1 Å². The van der Waals surface area contributed by atoms with Crippen LogP contribution in [0, 0.1) is 0 Å². The van der Waals surface area contributed by atoms with Crippen LogP contribution in [0.25, 0.3) is 0 Å². The highest BCUT2D eigenvalue weighted by molar-refractivity contribution is 5.85. The summed E-state index contributed by atoms with van der Waals surface area (Å²) in [4.78, 5) is 26.9. The van der Waals surface area contributed by atoms with E-state index in [4.69, 9.17) is 0 Å². The molecule has 0 aliphatic carbocycles. The standard InChI is InChI=1S/C16H22N2O3/c1-12(13-8-4-3-5-9-13)17(2)15(19)14-10-6-7-11-18(14)16(20)21/h3-5,8-9,12,14H,6-7,10-11H2,1-2H3,(H,20,21). The van der Waals surface area contributed by atoms with Crippen LogP contribution in [-0.4, -0.2) is 46.5 Å². The summed E-state index contributed by atoms with van der Waals surface area (Å²) in [6, 6.07) is 9.14. The number of rotatable bonds is 3. The number of piperidine rings is 1. The summed E-state index contributed by atoms with van der Waals surface area (Å²) < 4.78 is 0. The van der Waals surface area contributed by atoms with Gasteiger partial charge in [-0.3, -0.25) is 9.69 Å². The molecule has 2 unspecified atom stereocenters. The lowest BCUT2D eigenvalue weighted by atomic mass is 10.00. The molecule has 1 aliphatic rings. The molecule has 114 valence electrons. The van der Waals surface area contributed by atoms with Crippen LogP contribution in [0.4, 0.5) is 4.79 Å². The molecule has 1 heterocycles. The zero-order chi connectivity index (χ0) is 15.4. The van der Waals surface area contributed by atoms with E-state index in [-0.39, 0.29) is 11.9 Å². The van der Waals surface area contributed by atoms with E-state index in [2.05, 4.69) is 0 Å². The SMILES string of the molecule is CC(c1ccccc1)N(C)C(=O)C1CCCCN1C(=O)O. The second kappa shape index (κ2) is 6.61. The van der Waals surface area contributed by atoms with E-state index in [1.54, 1.807) is 11.9 Å². The molecule has 21 heavy (non-hydrogen) atoms. The highest BCUT2D eigenvalue weighted by Crippen LogP contribution is 2.24. The maximum atomic E-state index is 12.6. The first-order chi connectivity index (χ1) is 10.0. The van der Waals surface area contributed by atoms with Gasteiger partial charge in [-0.25, -0.2) is 4.79 Å². The molecule has 1 aromatic carbocycles. The number of amides is 2. The van der Waals surface area contributed by atoms with Crippen LogP contribution in [0.15, 0.2) is 30.3 Å². The van der Waals surface area contributed by atoms with Gasteiger partial charge in [0.05, 0.1) is 6.04 Å². The Balaban J connectivity index is 2.12. The second-order valence-electron chi connectivity index (χ2n) is 5.52. The average Bonchev–Trinajstić information content (AvgIpc) is 2.53. The van der Waals surface area contributed by atoms with E-state index in [0.29, 0.717) is 13.0 Å². The summed E-state index contributed by atoms with van der Waals surface area (Å²) in [6.07, 6.45) is 1.33. The Morgan fingerprint density at radius 2 is 1.95 bits per heavy atom. The molecule has 0 spiro atoms. The minimum Gasteiger partial charge on any atom is -0.465 e. The van der Waals surface area contributed by atoms with Crippen molar-refractivity contribution < 1.29 is 14.7 Å². The molecule has 1 saturated heterocycles. The fourth-order valence-corrected chi connectivity index (χ4v) is 2.80. The fraction of sp³-hybridized carbons (Fsp3) is 0.500. The summed E-state index contributed by atoms with van der Waals surface area (Å²) in [7, 11) is 1.74. The van der Waals surface area contributed by atoms with Gasteiger partial charge < -0.3 is 10.0 Å². The van der Waals surface area contributed by atoms with Crippen molar-refractivity contribution in [1.29, 1.82) is 0 Å². The summed E-state index contributed by atoms with van der Waals surface area (Å²) in [5.41, 5.74) is 1.05. The van der Waals surface area contributed by atoms with Crippen LogP contribution in [0.5, 0.6) is 0 Å². The van der Waals surface area contributed by atoms with Gasteiger partial charge in [0, 0.05) is 13.6 Å². The van der Waals surface area contributed by atoms with Crippen LogP contribution in [0.1, 0.15) is 37.8 Å². The maximum absolute atomic E-state index is 12.6. The normalized spacial score (nSPS) is 19.9. The van der Waals surface area contributed by atoms with Crippen molar-refractivity contribution in [3.8, 4) is 0 Å². The molecule has 5 heteroatoms. The first kappa shape index (κ1) is 15.4. The van der Waals surface area contributed by atoms with Gasteiger partial charge in [0.15, 0.2) is 0 Å². The number of hydrogen-bond acceptors (Lipinski definition) is 2. The van der Waals surface area contributed by atoms with Crippen LogP contribution in [-0.2, 0) is 4.79 Å². The van der Waals surface area contributed by atoms with Gasteiger partial charge in [0.1, 0.15) is 6.04 Å². The number of carbonyl (C=O) groups excluding carboxylic acids is 1. The van der Waals surface area contributed by atoms with Crippen LogP contribution >= 0.6 is 0 Å². The fourth-order valence-electron chi connectivity index (χ4n) is 2.80. The van der Waals surface area contributed by atoms with Gasteiger partial charge in [-0.05, 0) is 31.7 Å². The Hall–Kier alpha value is -2.04. The molecule has 1 aliphatic heterocycles. The van der Waals surface area contributed by atoms with Crippen molar-refractivity contribution in [2.24, 2.45) is 0 Å². The largest absolute Gasteiger partial charge is 0.465 e.